The summed E-state index contributed by atoms with van der Waals surface area (Å²) >= 11 is 0. The lowest BCUT2D eigenvalue weighted by Gasteiger charge is -2.33. The summed E-state index contributed by atoms with van der Waals surface area (Å²) < 4.78 is 0. The van der Waals surface area contributed by atoms with E-state index in [1.807, 2.05) is 0 Å². The van der Waals surface area contributed by atoms with Crippen molar-refractivity contribution in [3.05, 3.63) is 0 Å². The maximum Gasteiger partial charge on any atom is 0.0110 e. The van der Waals surface area contributed by atoms with Crippen LogP contribution in [0.3, 0.4) is 0 Å². The molecule has 0 amide bonds. The Bertz CT molecular complexity index is 366. The molecule has 168 valence electrons. The summed E-state index contributed by atoms with van der Waals surface area (Å²) in [5, 5.41) is 0. The summed E-state index contributed by atoms with van der Waals surface area (Å²) in [6.45, 7) is 25.1. The molecule has 0 aromatic heterocycles. The number of hydrogen-bond donors (Lipinski definition) is 0. The summed E-state index contributed by atoms with van der Waals surface area (Å²) in [6, 6.07) is 1.31. The molecule has 0 aliphatic carbocycles. The van der Waals surface area contributed by atoms with Crippen molar-refractivity contribution >= 4 is 0 Å². The number of piperazine rings is 1. The first-order valence-corrected chi connectivity index (χ1v) is 11.9. The highest BCUT2D eigenvalue weighted by Crippen LogP contribution is 2.05. The van der Waals surface area contributed by atoms with E-state index >= 15 is 0 Å². The first kappa shape index (κ1) is 25.8. The van der Waals surface area contributed by atoms with E-state index in [9.17, 15) is 0 Å². The van der Waals surface area contributed by atoms with Gasteiger partial charge in [0.1, 0.15) is 0 Å². The monoisotopic (exact) mass is 397 g/mol. The molecule has 1 fully saturated rings. The lowest BCUT2D eigenvalue weighted by molar-refractivity contribution is 0.143. The Kier molecular flexibility index (Phi) is 13.6. The molecule has 0 saturated carbocycles. The van der Waals surface area contributed by atoms with Gasteiger partial charge >= 0.3 is 0 Å². The summed E-state index contributed by atoms with van der Waals surface area (Å²) in [5.41, 5.74) is 0. The second kappa shape index (κ2) is 14.7. The third kappa shape index (κ3) is 11.1. The SMILES string of the molecule is CCN(CCCN(CCCN1CCN(C)CC1)CCCN(C)C(C)C)C(C)C. The van der Waals surface area contributed by atoms with E-state index in [2.05, 4.69) is 73.2 Å². The molecule has 1 saturated heterocycles. The average Bonchev–Trinajstić information content (AvgIpc) is 2.65. The Hall–Kier alpha value is -0.200. The minimum atomic E-state index is 0.648. The third-order valence-corrected chi connectivity index (χ3v) is 6.47. The first-order valence-electron chi connectivity index (χ1n) is 11.9. The normalized spacial score (nSPS) is 17.1. The zero-order chi connectivity index (χ0) is 20.9. The van der Waals surface area contributed by atoms with Crippen LogP contribution in [0.25, 0.3) is 0 Å². The Morgan fingerprint density at radius 3 is 1.86 bits per heavy atom. The van der Waals surface area contributed by atoms with Crippen LogP contribution in [0.1, 0.15) is 53.9 Å². The van der Waals surface area contributed by atoms with Gasteiger partial charge in [0.15, 0.2) is 0 Å². The van der Waals surface area contributed by atoms with Crippen molar-refractivity contribution in [2.24, 2.45) is 0 Å². The van der Waals surface area contributed by atoms with Crippen LogP contribution >= 0.6 is 0 Å². The highest BCUT2D eigenvalue weighted by Gasteiger charge is 2.14. The quantitative estimate of drug-likeness (QED) is 0.421. The van der Waals surface area contributed by atoms with E-state index in [1.54, 1.807) is 0 Å². The fraction of sp³-hybridized carbons (Fsp3) is 1.00. The van der Waals surface area contributed by atoms with Gasteiger partial charge in [0.25, 0.3) is 0 Å². The van der Waals surface area contributed by atoms with Gasteiger partial charge in [0.2, 0.25) is 0 Å². The molecule has 1 aliphatic rings. The van der Waals surface area contributed by atoms with Crippen molar-refractivity contribution in [3.63, 3.8) is 0 Å². The molecule has 28 heavy (non-hydrogen) atoms. The smallest absolute Gasteiger partial charge is 0.0110 e. The standard InChI is InChI=1S/C23H51N5/c1-8-28(23(4)5)17-11-16-26(13-9-12-25(7)22(2)3)14-10-15-27-20-18-24(6)19-21-27/h22-23H,8-21H2,1-7H3. The Labute approximate surface area is 177 Å². The largest absolute Gasteiger partial charge is 0.304 e. The van der Waals surface area contributed by atoms with Gasteiger partial charge in [-0.25, -0.2) is 0 Å². The molecule has 0 atom stereocenters. The van der Waals surface area contributed by atoms with Crippen LogP contribution in [-0.4, -0.2) is 123 Å². The topological polar surface area (TPSA) is 16.2 Å². The molecule has 0 unspecified atom stereocenters. The summed E-state index contributed by atoms with van der Waals surface area (Å²) in [5.74, 6) is 0. The minimum Gasteiger partial charge on any atom is -0.304 e. The molecular weight excluding hydrogens is 346 g/mol. The zero-order valence-corrected chi connectivity index (χ0v) is 20.3. The Morgan fingerprint density at radius 1 is 0.750 bits per heavy atom. The van der Waals surface area contributed by atoms with Crippen molar-refractivity contribution in [2.45, 2.75) is 66.0 Å². The first-order chi connectivity index (χ1) is 13.3. The fourth-order valence-corrected chi connectivity index (χ4v) is 4.01. The lowest BCUT2D eigenvalue weighted by Crippen LogP contribution is -2.45. The lowest BCUT2D eigenvalue weighted by atomic mass is 10.2. The molecule has 0 N–H and O–H groups in total. The molecule has 0 aromatic rings. The van der Waals surface area contributed by atoms with Crippen LogP contribution in [-0.2, 0) is 0 Å². The van der Waals surface area contributed by atoms with Gasteiger partial charge in [0, 0.05) is 38.3 Å². The van der Waals surface area contributed by atoms with E-state index in [-0.39, 0.29) is 0 Å². The van der Waals surface area contributed by atoms with Crippen LogP contribution in [0.5, 0.6) is 0 Å². The van der Waals surface area contributed by atoms with Gasteiger partial charge in [-0.1, -0.05) is 6.92 Å². The van der Waals surface area contributed by atoms with Crippen LogP contribution < -0.4 is 0 Å². The van der Waals surface area contributed by atoms with Crippen molar-refractivity contribution in [2.75, 3.05) is 86.1 Å². The van der Waals surface area contributed by atoms with Gasteiger partial charge in [-0.15, -0.1) is 0 Å². The molecule has 1 aliphatic heterocycles. The summed E-state index contributed by atoms with van der Waals surface area (Å²) in [6.07, 6.45) is 3.89. The summed E-state index contributed by atoms with van der Waals surface area (Å²) in [7, 11) is 4.49. The van der Waals surface area contributed by atoms with Crippen LogP contribution in [0.2, 0.25) is 0 Å². The van der Waals surface area contributed by atoms with Gasteiger partial charge in [-0.2, -0.15) is 0 Å². The predicted molar refractivity (Wildman–Crippen MR) is 124 cm³/mol. The molecule has 5 nitrogen and oxygen atoms in total. The van der Waals surface area contributed by atoms with Crippen molar-refractivity contribution < 1.29 is 0 Å². The maximum atomic E-state index is 2.73. The molecule has 0 spiro atoms. The highest BCUT2D eigenvalue weighted by atomic mass is 15.2. The van der Waals surface area contributed by atoms with Gasteiger partial charge in [0.05, 0.1) is 0 Å². The molecular formula is C23H51N5. The van der Waals surface area contributed by atoms with Crippen molar-refractivity contribution in [1.29, 1.82) is 0 Å². The van der Waals surface area contributed by atoms with E-state index < -0.39 is 0 Å². The second-order valence-corrected chi connectivity index (χ2v) is 9.34. The Morgan fingerprint density at radius 2 is 1.32 bits per heavy atom. The van der Waals surface area contributed by atoms with Crippen LogP contribution in [0.4, 0.5) is 0 Å². The minimum absolute atomic E-state index is 0.648. The van der Waals surface area contributed by atoms with E-state index in [4.69, 9.17) is 0 Å². The van der Waals surface area contributed by atoms with Crippen molar-refractivity contribution in [1.82, 2.24) is 24.5 Å². The molecule has 1 heterocycles. The highest BCUT2D eigenvalue weighted by molar-refractivity contribution is 4.71. The second-order valence-electron chi connectivity index (χ2n) is 9.34. The average molecular weight is 398 g/mol. The number of hydrogen-bond acceptors (Lipinski definition) is 5. The van der Waals surface area contributed by atoms with Crippen molar-refractivity contribution in [3.8, 4) is 0 Å². The van der Waals surface area contributed by atoms with E-state index in [1.165, 1.54) is 91.3 Å². The third-order valence-electron chi connectivity index (χ3n) is 6.47. The zero-order valence-electron chi connectivity index (χ0n) is 20.3. The molecule has 0 radical (unpaired) electrons. The van der Waals surface area contributed by atoms with Crippen LogP contribution in [0.15, 0.2) is 0 Å². The summed E-state index contributed by atoms with van der Waals surface area (Å²) in [4.78, 5) is 12.9. The van der Waals surface area contributed by atoms with Gasteiger partial charge < -0.3 is 24.5 Å². The van der Waals surface area contributed by atoms with Gasteiger partial charge in [-0.05, 0) is 107 Å². The Balaban J connectivity index is 2.36. The molecule has 0 bridgehead atoms. The van der Waals surface area contributed by atoms with Gasteiger partial charge in [-0.3, -0.25) is 0 Å². The predicted octanol–water partition coefficient (Wildman–Crippen LogP) is 2.78. The number of likely N-dealkylation sites (N-methyl/N-ethyl adjacent to an activating group) is 1. The number of rotatable bonds is 15. The molecule has 5 heteroatoms. The molecule has 1 rings (SSSR count). The van der Waals surface area contributed by atoms with E-state index in [0.29, 0.717) is 12.1 Å². The molecule has 0 aromatic carbocycles. The maximum absolute atomic E-state index is 2.73. The fourth-order valence-electron chi connectivity index (χ4n) is 4.01. The van der Waals surface area contributed by atoms with E-state index in [0.717, 1.165) is 0 Å². The van der Waals surface area contributed by atoms with Crippen LogP contribution in [0, 0.1) is 0 Å². The number of nitrogens with zero attached hydrogens (tertiary/aromatic N) is 5.